The lowest BCUT2D eigenvalue weighted by Crippen LogP contribution is -2.60. The predicted molar refractivity (Wildman–Crippen MR) is 95.8 cm³/mol. The second-order valence-electron chi connectivity index (χ2n) is 7.60. The Morgan fingerprint density at radius 2 is 2.00 bits per heavy atom. The summed E-state index contributed by atoms with van der Waals surface area (Å²) in [5, 5.41) is 9.94. The van der Waals surface area contributed by atoms with Crippen molar-refractivity contribution in [3.05, 3.63) is 54.1 Å². The normalized spacial score (nSPS) is 32.5. The van der Waals surface area contributed by atoms with E-state index in [1.165, 1.54) is 0 Å². The molecular weight excluding hydrogens is 328 g/mol. The first kappa shape index (κ1) is 15.8. The third-order valence-corrected chi connectivity index (χ3v) is 6.34. The van der Waals surface area contributed by atoms with Crippen LogP contribution in [0.3, 0.4) is 0 Å². The number of fused-ring (bicyclic) bond motifs is 2. The van der Waals surface area contributed by atoms with Gasteiger partial charge in [0.15, 0.2) is 0 Å². The quantitative estimate of drug-likeness (QED) is 0.896. The van der Waals surface area contributed by atoms with Gasteiger partial charge in [-0.3, -0.25) is 14.7 Å². The molecular formula is C20H22N4O2. The molecule has 1 aromatic carbocycles. The van der Waals surface area contributed by atoms with Gasteiger partial charge >= 0.3 is 0 Å². The highest BCUT2D eigenvalue weighted by Gasteiger charge is 2.54. The predicted octanol–water partition coefficient (Wildman–Crippen LogP) is 1.88. The van der Waals surface area contributed by atoms with Crippen molar-refractivity contribution in [1.29, 1.82) is 0 Å². The standard InChI is InChI=1S/C20H22N4O2/c25-15-3-1-2-14(10-15)16-12-24(20(26)17-11-21-6-7-22-17)18-13-4-8-23(9-5-13)19(16)18/h1-3,6-7,10-11,13,16,18-19,25H,4-5,8-9,12H2/t16-,18+,19+/m0/s1. The van der Waals surface area contributed by atoms with Crippen LogP contribution in [-0.4, -0.2) is 62.5 Å². The first-order valence-electron chi connectivity index (χ1n) is 9.32. The average molecular weight is 350 g/mol. The summed E-state index contributed by atoms with van der Waals surface area (Å²) in [5.41, 5.74) is 1.53. The number of piperidine rings is 3. The SMILES string of the molecule is O=C(c1cnccn1)N1C[C@@H](c2cccc(O)c2)[C@@H]2[C@H]1C1CCN2CC1. The average Bonchev–Trinajstić information content (AvgIpc) is 3.12. The Bertz CT molecular complexity index is 820. The van der Waals surface area contributed by atoms with Crippen molar-refractivity contribution in [3.63, 3.8) is 0 Å². The minimum absolute atomic E-state index is 0.0236. The van der Waals surface area contributed by atoms with E-state index in [-0.39, 0.29) is 23.6 Å². The number of hydrogen-bond donors (Lipinski definition) is 1. The number of aromatic hydroxyl groups is 1. The van der Waals surface area contributed by atoms with Crippen molar-refractivity contribution in [2.24, 2.45) is 5.92 Å². The third kappa shape index (κ3) is 2.40. The number of phenolic OH excluding ortho intramolecular Hbond substituents is 1. The summed E-state index contributed by atoms with van der Waals surface area (Å²) in [7, 11) is 0. The van der Waals surface area contributed by atoms with Gasteiger partial charge in [0.25, 0.3) is 5.91 Å². The molecule has 1 N–H and O–H groups in total. The number of benzene rings is 1. The van der Waals surface area contributed by atoms with Crippen LogP contribution >= 0.6 is 0 Å². The molecule has 0 saturated carbocycles. The summed E-state index contributed by atoms with van der Waals surface area (Å²) in [6, 6.07) is 8.06. The molecule has 0 aliphatic carbocycles. The van der Waals surface area contributed by atoms with Gasteiger partial charge in [0, 0.05) is 30.9 Å². The molecule has 6 heteroatoms. The molecule has 2 aromatic rings. The summed E-state index contributed by atoms with van der Waals surface area (Å²) < 4.78 is 0. The summed E-state index contributed by atoms with van der Waals surface area (Å²) in [4.78, 5) is 26.0. The van der Waals surface area contributed by atoms with Crippen molar-refractivity contribution in [3.8, 4) is 5.75 Å². The van der Waals surface area contributed by atoms with E-state index in [0.717, 1.165) is 31.5 Å². The zero-order chi connectivity index (χ0) is 17.7. The number of hydrogen-bond acceptors (Lipinski definition) is 5. The molecule has 1 aromatic heterocycles. The molecule has 0 unspecified atom stereocenters. The van der Waals surface area contributed by atoms with E-state index in [2.05, 4.69) is 20.9 Å². The fourth-order valence-electron chi connectivity index (χ4n) is 5.26. The highest BCUT2D eigenvalue weighted by atomic mass is 16.3. The van der Waals surface area contributed by atoms with Gasteiger partial charge in [-0.25, -0.2) is 4.98 Å². The van der Waals surface area contributed by atoms with Crippen molar-refractivity contribution in [2.45, 2.75) is 30.8 Å². The molecule has 3 atom stereocenters. The van der Waals surface area contributed by atoms with Gasteiger partial charge < -0.3 is 10.0 Å². The zero-order valence-electron chi connectivity index (χ0n) is 14.5. The van der Waals surface area contributed by atoms with Crippen molar-refractivity contribution in [1.82, 2.24) is 19.8 Å². The number of nitrogens with zero attached hydrogens (tertiary/aromatic N) is 4. The van der Waals surface area contributed by atoms with Crippen molar-refractivity contribution >= 4 is 5.91 Å². The van der Waals surface area contributed by atoms with Crippen molar-refractivity contribution in [2.75, 3.05) is 19.6 Å². The lowest BCUT2D eigenvalue weighted by molar-refractivity contribution is -0.00360. The van der Waals surface area contributed by atoms with Crippen molar-refractivity contribution < 1.29 is 9.90 Å². The van der Waals surface area contributed by atoms with Gasteiger partial charge in [-0.1, -0.05) is 12.1 Å². The maximum absolute atomic E-state index is 13.2. The van der Waals surface area contributed by atoms with Gasteiger partial charge in [-0.05, 0) is 49.5 Å². The molecule has 2 bridgehead atoms. The second kappa shape index (κ2) is 6.06. The van der Waals surface area contributed by atoms with Gasteiger partial charge in [-0.15, -0.1) is 0 Å². The first-order valence-corrected chi connectivity index (χ1v) is 9.32. The van der Waals surface area contributed by atoms with Gasteiger partial charge in [0.1, 0.15) is 11.4 Å². The Morgan fingerprint density at radius 3 is 2.73 bits per heavy atom. The molecule has 6 rings (SSSR count). The lowest BCUT2D eigenvalue weighted by atomic mass is 9.75. The number of carbonyl (C=O) groups is 1. The maximum Gasteiger partial charge on any atom is 0.274 e. The molecule has 1 amide bonds. The summed E-state index contributed by atoms with van der Waals surface area (Å²) >= 11 is 0. The van der Waals surface area contributed by atoms with Crippen LogP contribution in [0.1, 0.15) is 34.8 Å². The Kier molecular flexibility index (Phi) is 3.67. The van der Waals surface area contributed by atoms with Crippen LogP contribution in [0.15, 0.2) is 42.9 Å². The Labute approximate surface area is 152 Å². The van der Waals surface area contributed by atoms with Crippen LogP contribution in [0.4, 0.5) is 0 Å². The summed E-state index contributed by atoms with van der Waals surface area (Å²) in [6.07, 6.45) is 7.02. The van der Waals surface area contributed by atoms with Gasteiger partial charge in [0.05, 0.1) is 12.2 Å². The fraction of sp³-hybridized carbons (Fsp3) is 0.450. The fourth-order valence-corrected chi connectivity index (χ4v) is 5.26. The van der Waals surface area contributed by atoms with Crippen LogP contribution in [-0.2, 0) is 0 Å². The minimum atomic E-state index is -0.0236. The number of carbonyl (C=O) groups excluding carboxylic acids is 1. The number of phenols is 1. The molecule has 4 saturated heterocycles. The second-order valence-corrected chi connectivity index (χ2v) is 7.60. The van der Waals surface area contributed by atoms with Crippen LogP contribution in [0, 0.1) is 5.92 Å². The maximum atomic E-state index is 13.2. The number of likely N-dealkylation sites (tertiary alicyclic amines) is 1. The lowest BCUT2D eigenvalue weighted by Gasteiger charge is -2.51. The molecule has 0 spiro atoms. The summed E-state index contributed by atoms with van der Waals surface area (Å²) in [5.74, 6) is 1.03. The first-order chi connectivity index (χ1) is 12.7. The minimum Gasteiger partial charge on any atom is -0.508 e. The third-order valence-electron chi connectivity index (χ3n) is 6.34. The van der Waals surface area contributed by atoms with Crippen LogP contribution in [0.25, 0.3) is 0 Å². The zero-order valence-corrected chi connectivity index (χ0v) is 14.5. The molecule has 4 aliphatic heterocycles. The number of aromatic nitrogens is 2. The molecule has 6 nitrogen and oxygen atoms in total. The molecule has 4 fully saturated rings. The Morgan fingerprint density at radius 1 is 1.15 bits per heavy atom. The van der Waals surface area contributed by atoms with Crippen LogP contribution < -0.4 is 0 Å². The van der Waals surface area contributed by atoms with E-state index in [1.807, 2.05) is 17.0 Å². The largest absolute Gasteiger partial charge is 0.508 e. The molecule has 26 heavy (non-hydrogen) atoms. The van der Waals surface area contributed by atoms with Crippen LogP contribution in [0.2, 0.25) is 0 Å². The number of rotatable bonds is 2. The van der Waals surface area contributed by atoms with Crippen LogP contribution in [0.5, 0.6) is 5.75 Å². The molecule has 134 valence electrons. The molecule has 0 radical (unpaired) electrons. The Balaban J connectivity index is 1.54. The smallest absolute Gasteiger partial charge is 0.274 e. The highest BCUT2D eigenvalue weighted by molar-refractivity contribution is 5.92. The molecule has 4 aliphatic rings. The van der Waals surface area contributed by atoms with E-state index in [1.54, 1.807) is 24.7 Å². The van der Waals surface area contributed by atoms with E-state index >= 15 is 0 Å². The van der Waals surface area contributed by atoms with Gasteiger partial charge in [-0.2, -0.15) is 0 Å². The van der Waals surface area contributed by atoms with E-state index < -0.39 is 0 Å². The monoisotopic (exact) mass is 350 g/mol. The highest BCUT2D eigenvalue weighted by Crippen LogP contribution is 2.47. The molecule has 5 heterocycles. The van der Waals surface area contributed by atoms with E-state index in [9.17, 15) is 9.90 Å². The summed E-state index contributed by atoms with van der Waals surface area (Å²) in [6.45, 7) is 2.88. The van der Waals surface area contributed by atoms with E-state index in [4.69, 9.17) is 0 Å². The topological polar surface area (TPSA) is 69.6 Å². The van der Waals surface area contributed by atoms with Gasteiger partial charge in [0.2, 0.25) is 0 Å². The number of amides is 1. The van der Waals surface area contributed by atoms with E-state index in [0.29, 0.717) is 24.2 Å². The Hall–Kier alpha value is -2.47.